The first kappa shape index (κ1) is 15.4. The van der Waals surface area contributed by atoms with E-state index in [2.05, 4.69) is 0 Å². The van der Waals surface area contributed by atoms with Crippen LogP contribution in [0.1, 0.15) is 29.8 Å². The van der Waals surface area contributed by atoms with E-state index in [1.807, 2.05) is 13.8 Å². The smallest absolute Gasteiger partial charge is 0.341 e. The summed E-state index contributed by atoms with van der Waals surface area (Å²) >= 11 is 0. The number of carboxylic acid groups (broad SMARTS) is 1. The number of nitrogens with zero attached hydrogens (tertiary/aromatic N) is 1. The van der Waals surface area contributed by atoms with E-state index < -0.39 is 11.4 Å². The molecule has 0 fully saturated rings. The number of hydrogen-bond acceptors (Lipinski definition) is 5. The van der Waals surface area contributed by atoms with Crippen LogP contribution < -0.4 is 14.9 Å². The number of carboxylic acids is 1. The third-order valence-electron chi connectivity index (χ3n) is 3.79. The predicted octanol–water partition coefficient (Wildman–Crippen LogP) is 1.98. The van der Waals surface area contributed by atoms with Crippen LogP contribution in [0.4, 0.5) is 0 Å². The maximum absolute atomic E-state index is 12.6. The number of ether oxygens (including phenoxy) is 3. The fourth-order valence-corrected chi connectivity index (χ4v) is 2.79. The lowest BCUT2D eigenvalue weighted by Gasteiger charge is -2.23. The molecule has 1 aromatic carbocycles. The maximum atomic E-state index is 12.6. The molecule has 1 N–H and O–H groups in total. The maximum Gasteiger partial charge on any atom is 0.341 e. The van der Waals surface area contributed by atoms with Crippen molar-refractivity contribution >= 4 is 16.9 Å². The average Bonchev–Trinajstić information content (AvgIpc) is 2.55. The van der Waals surface area contributed by atoms with Crippen molar-refractivity contribution in [1.29, 1.82) is 0 Å². The van der Waals surface area contributed by atoms with Crippen LogP contribution in [0.15, 0.2) is 17.1 Å². The number of pyridine rings is 1. The summed E-state index contributed by atoms with van der Waals surface area (Å²) in [6, 6.07) is 1.72. The van der Waals surface area contributed by atoms with Gasteiger partial charge in [-0.15, -0.1) is 0 Å². The molecule has 7 heteroatoms. The van der Waals surface area contributed by atoms with Crippen LogP contribution in [0.2, 0.25) is 0 Å². The number of aryl methyl sites for hydroxylation is 1. The molecular weight excluding hydrogens is 302 g/mol. The van der Waals surface area contributed by atoms with Gasteiger partial charge in [-0.1, -0.05) is 0 Å². The topological polar surface area (TPSA) is 87.0 Å². The second-order valence-corrected chi connectivity index (χ2v) is 5.08. The molecule has 0 spiro atoms. The molecule has 0 bridgehead atoms. The molecule has 1 aliphatic heterocycles. The molecule has 0 atom stereocenters. The Morgan fingerprint density at radius 1 is 1.43 bits per heavy atom. The lowest BCUT2D eigenvalue weighted by Crippen LogP contribution is -2.22. The monoisotopic (exact) mass is 319 g/mol. The van der Waals surface area contributed by atoms with Gasteiger partial charge in [0.2, 0.25) is 5.43 Å². The van der Waals surface area contributed by atoms with E-state index in [0.717, 1.165) is 0 Å². The Kier molecular flexibility index (Phi) is 3.96. The lowest BCUT2D eigenvalue weighted by atomic mass is 10.0. The van der Waals surface area contributed by atoms with Crippen molar-refractivity contribution in [2.24, 2.45) is 0 Å². The summed E-state index contributed by atoms with van der Waals surface area (Å²) in [5, 5.41) is 9.60. The van der Waals surface area contributed by atoms with Crippen LogP contribution in [0, 0.1) is 0 Å². The number of hydrogen-bond donors (Lipinski definition) is 1. The molecular formula is C16H17NO6. The normalized spacial score (nSPS) is 13.5. The Morgan fingerprint density at radius 2 is 2.22 bits per heavy atom. The van der Waals surface area contributed by atoms with E-state index in [9.17, 15) is 14.7 Å². The standard InChI is InChI=1S/C16H17NO6/c1-3-17-6-9(16(19)20)14(18)13-10-7-21-8-23-15(10)12(22-4-2)5-11(13)17/h5-6H,3-4,7-8H2,1-2H3,(H,19,20). The fourth-order valence-electron chi connectivity index (χ4n) is 2.79. The van der Waals surface area contributed by atoms with Gasteiger partial charge in [0.15, 0.2) is 18.3 Å². The van der Waals surface area contributed by atoms with E-state index in [1.54, 1.807) is 10.6 Å². The van der Waals surface area contributed by atoms with Gasteiger partial charge in [-0.25, -0.2) is 4.79 Å². The Balaban J connectivity index is 2.46. The largest absolute Gasteiger partial charge is 0.490 e. The zero-order valence-corrected chi connectivity index (χ0v) is 12.9. The molecule has 0 radical (unpaired) electrons. The van der Waals surface area contributed by atoms with Crippen molar-refractivity contribution in [2.45, 2.75) is 27.0 Å². The summed E-state index contributed by atoms with van der Waals surface area (Å²) < 4.78 is 18.1. The van der Waals surface area contributed by atoms with Crippen LogP contribution in [0.5, 0.6) is 11.5 Å². The van der Waals surface area contributed by atoms with Crippen LogP contribution in [-0.4, -0.2) is 29.0 Å². The van der Waals surface area contributed by atoms with Crippen LogP contribution >= 0.6 is 0 Å². The highest BCUT2D eigenvalue weighted by Crippen LogP contribution is 2.39. The Morgan fingerprint density at radius 3 is 2.87 bits per heavy atom. The Hall–Kier alpha value is -2.54. The molecule has 2 heterocycles. The minimum atomic E-state index is -1.25. The number of fused-ring (bicyclic) bond motifs is 3. The minimum absolute atomic E-state index is 0.0686. The van der Waals surface area contributed by atoms with Gasteiger partial charge in [0.1, 0.15) is 5.56 Å². The minimum Gasteiger partial charge on any atom is -0.490 e. The molecule has 2 aromatic rings. The Bertz CT molecular complexity index is 839. The summed E-state index contributed by atoms with van der Waals surface area (Å²) in [5.41, 5.74) is 0.341. The number of carbonyl (C=O) groups is 1. The van der Waals surface area contributed by atoms with Gasteiger partial charge in [-0.05, 0) is 13.8 Å². The van der Waals surface area contributed by atoms with E-state index in [-0.39, 0.29) is 19.0 Å². The second-order valence-electron chi connectivity index (χ2n) is 5.08. The first-order valence-electron chi connectivity index (χ1n) is 7.38. The highest BCUT2D eigenvalue weighted by molar-refractivity contribution is 5.95. The zero-order valence-electron chi connectivity index (χ0n) is 12.9. The first-order chi connectivity index (χ1) is 11.1. The van der Waals surface area contributed by atoms with Gasteiger partial charge in [-0.3, -0.25) is 4.79 Å². The van der Waals surface area contributed by atoms with E-state index >= 15 is 0 Å². The molecule has 3 rings (SSSR count). The molecule has 1 aromatic heterocycles. The molecule has 0 aliphatic carbocycles. The second kappa shape index (κ2) is 5.92. The summed E-state index contributed by atoms with van der Waals surface area (Å²) in [5.74, 6) is -0.268. The van der Waals surface area contributed by atoms with Gasteiger partial charge in [0.25, 0.3) is 0 Å². The SMILES string of the molecule is CCOc1cc2c(c3c1OCOC3)c(=O)c(C(=O)O)cn2CC. The number of aromatic carboxylic acids is 1. The quantitative estimate of drug-likeness (QED) is 0.927. The molecule has 122 valence electrons. The van der Waals surface area contributed by atoms with Gasteiger partial charge in [-0.2, -0.15) is 0 Å². The van der Waals surface area contributed by atoms with E-state index in [0.29, 0.717) is 41.1 Å². The highest BCUT2D eigenvalue weighted by Gasteiger charge is 2.25. The average molecular weight is 319 g/mol. The predicted molar refractivity (Wildman–Crippen MR) is 82.3 cm³/mol. The van der Waals surface area contributed by atoms with Crippen molar-refractivity contribution in [2.75, 3.05) is 13.4 Å². The van der Waals surface area contributed by atoms with Crippen LogP contribution in [0.25, 0.3) is 10.9 Å². The van der Waals surface area contributed by atoms with E-state index in [4.69, 9.17) is 14.2 Å². The lowest BCUT2D eigenvalue weighted by molar-refractivity contribution is -0.0174. The number of aromatic nitrogens is 1. The van der Waals surface area contributed by atoms with E-state index in [1.165, 1.54) is 6.20 Å². The summed E-state index contributed by atoms with van der Waals surface area (Å²) in [7, 11) is 0. The van der Waals surface area contributed by atoms with Gasteiger partial charge >= 0.3 is 5.97 Å². The summed E-state index contributed by atoms with van der Waals surface area (Å²) in [6.45, 7) is 4.95. The third kappa shape index (κ3) is 2.43. The van der Waals surface area contributed by atoms with Gasteiger partial charge in [0, 0.05) is 24.4 Å². The highest BCUT2D eigenvalue weighted by atomic mass is 16.7. The van der Waals surface area contributed by atoms with Crippen molar-refractivity contribution < 1.29 is 24.1 Å². The summed E-state index contributed by atoms with van der Waals surface area (Å²) in [4.78, 5) is 24.0. The van der Waals surface area contributed by atoms with Gasteiger partial charge in [0.05, 0.1) is 24.1 Å². The molecule has 1 aliphatic rings. The van der Waals surface area contributed by atoms with Crippen LogP contribution in [0.3, 0.4) is 0 Å². The van der Waals surface area contributed by atoms with Gasteiger partial charge < -0.3 is 23.9 Å². The van der Waals surface area contributed by atoms with Crippen molar-refractivity contribution in [3.63, 3.8) is 0 Å². The fraction of sp³-hybridized carbons (Fsp3) is 0.375. The molecule has 0 saturated carbocycles. The summed E-state index contributed by atoms with van der Waals surface area (Å²) in [6.07, 6.45) is 1.36. The molecule has 23 heavy (non-hydrogen) atoms. The molecule has 0 saturated heterocycles. The number of rotatable bonds is 4. The number of benzene rings is 1. The van der Waals surface area contributed by atoms with Crippen LogP contribution in [-0.2, 0) is 17.9 Å². The third-order valence-corrected chi connectivity index (χ3v) is 3.79. The zero-order chi connectivity index (χ0) is 16.6. The molecule has 0 unspecified atom stereocenters. The Labute approximate surface area is 132 Å². The van der Waals surface area contributed by atoms with Crippen molar-refractivity contribution in [3.05, 3.63) is 33.6 Å². The molecule has 7 nitrogen and oxygen atoms in total. The first-order valence-corrected chi connectivity index (χ1v) is 7.38. The van der Waals surface area contributed by atoms with Crippen molar-refractivity contribution in [1.82, 2.24) is 4.57 Å². The molecule has 0 amide bonds. The van der Waals surface area contributed by atoms with Crippen molar-refractivity contribution in [3.8, 4) is 11.5 Å².